The lowest BCUT2D eigenvalue weighted by molar-refractivity contribution is -0.135. The predicted octanol–water partition coefficient (Wildman–Crippen LogP) is 2.43. The minimum Gasteiger partial charge on any atom is -0.480 e. The highest BCUT2D eigenvalue weighted by molar-refractivity contribution is 7.92. The van der Waals surface area contributed by atoms with Gasteiger partial charge in [-0.25, -0.2) is 8.42 Å². The first kappa shape index (κ1) is 22.6. The molecule has 1 heterocycles. The van der Waals surface area contributed by atoms with E-state index in [4.69, 9.17) is 28.9 Å². The van der Waals surface area contributed by atoms with Crippen molar-refractivity contribution in [2.75, 3.05) is 10.8 Å². The molecule has 0 bridgehead atoms. The summed E-state index contributed by atoms with van der Waals surface area (Å²) in [6.07, 6.45) is 1.38. The molecule has 0 unspecified atom stereocenters. The first-order valence-electron chi connectivity index (χ1n) is 8.55. The smallest absolute Gasteiger partial charge is 0.324 e. The van der Waals surface area contributed by atoms with E-state index in [2.05, 4.69) is 0 Å². The SMILES string of the molecule is Cn1cc(C(=O)C(N)=O)c2ccc(N(CC(=O)O)S(=O)(=O)c3cc(Cl)cc(Cl)c3)cc21. The number of fused-ring (bicyclic) bond motifs is 1. The number of carbonyl (C=O) groups excluding carboxylic acids is 2. The van der Waals surface area contributed by atoms with Gasteiger partial charge >= 0.3 is 5.97 Å². The maximum absolute atomic E-state index is 13.2. The minimum absolute atomic E-state index is 0.0188. The number of ketones is 1. The van der Waals surface area contributed by atoms with Crippen LogP contribution in [-0.4, -0.2) is 42.3 Å². The van der Waals surface area contributed by atoms with Crippen LogP contribution in [0.3, 0.4) is 0 Å². The molecule has 0 aliphatic carbocycles. The van der Waals surface area contributed by atoms with Crippen LogP contribution >= 0.6 is 23.2 Å². The number of benzene rings is 2. The van der Waals surface area contributed by atoms with Crippen molar-refractivity contribution in [3.05, 3.63) is 58.2 Å². The fraction of sp³-hybridized carbons (Fsp3) is 0.105. The zero-order valence-corrected chi connectivity index (χ0v) is 18.2. The number of halogens is 2. The minimum atomic E-state index is -4.37. The summed E-state index contributed by atoms with van der Waals surface area (Å²) >= 11 is 11.8. The molecule has 1 aromatic heterocycles. The van der Waals surface area contributed by atoms with Gasteiger partial charge in [-0.3, -0.25) is 18.7 Å². The second-order valence-corrected chi connectivity index (χ2v) is 9.29. The Morgan fingerprint density at radius 3 is 2.26 bits per heavy atom. The highest BCUT2D eigenvalue weighted by Gasteiger charge is 2.29. The number of carboxylic acid groups (broad SMARTS) is 1. The monoisotopic (exact) mass is 483 g/mol. The van der Waals surface area contributed by atoms with Crippen LogP contribution in [0.2, 0.25) is 10.0 Å². The summed E-state index contributed by atoms with van der Waals surface area (Å²) in [6.45, 7) is -0.879. The molecule has 3 N–H and O–H groups in total. The molecular weight excluding hydrogens is 469 g/mol. The number of rotatable bonds is 7. The Morgan fingerprint density at radius 1 is 1.10 bits per heavy atom. The number of nitrogens with zero attached hydrogens (tertiary/aromatic N) is 2. The number of anilines is 1. The van der Waals surface area contributed by atoms with E-state index < -0.39 is 34.2 Å². The summed E-state index contributed by atoms with van der Waals surface area (Å²) in [5, 5.41) is 9.79. The maximum atomic E-state index is 13.2. The molecule has 9 nitrogen and oxygen atoms in total. The second kappa shape index (κ2) is 8.22. The molecule has 0 saturated carbocycles. The van der Waals surface area contributed by atoms with Gasteiger partial charge in [-0.15, -0.1) is 0 Å². The highest BCUT2D eigenvalue weighted by Crippen LogP contribution is 2.31. The summed E-state index contributed by atoms with van der Waals surface area (Å²) < 4.78 is 28.6. The predicted molar refractivity (Wildman–Crippen MR) is 115 cm³/mol. The van der Waals surface area contributed by atoms with E-state index in [1.54, 1.807) is 7.05 Å². The molecule has 0 spiro atoms. The van der Waals surface area contributed by atoms with Gasteiger partial charge in [0.25, 0.3) is 21.7 Å². The van der Waals surface area contributed by atoms with Gasteiger partial charge < -0.3 is 15.4 Å². The molecule has 0 radical (unpaired) electrons. The number of hydrogen-bond donors (Lipinski definition) is 2. The largest absolute Gasteiger partial charge is 0.480 e. The van der Waals surface area contributed by atoms with Gasteiger partial charge in [0, 0.05) is 28.7 Å². The van der Waals surface area contributed by atoms with Gasteiger partial charge in [-0.2, -0.15) is 0 Å². The zero-order chi connectivity index (χ0) is 23.1. The fourth-order valence-corrected chi connectivity index (χ4v) is 5.22. The first-order valence-corrected chi connectivity index (χ1v) is 10.7. The van der Waals surface area contributed by atoms with E-state index in [0.29, 0.717) is 15.2 Å². The molecular formula is C19H15Cl2N3O6S. The van der Waals surface area contributed by atoms with Crippen LogP contribution in [0.1, 0.15) is 10.4 Å². The van der Waals surface area contributed by atoms with E-state index in [-0.39, 0.29) is 26.2 Å². The van der Waals surface area contributed by atoms with Crippen molar-refractivity contribution in [3.63, 3.8) is 0 Å². The van der Waals surface area contributed by atoms with Crippen molar-refractivity contribution >= 4 is 67.5 Å². The number of primary amides is 1. The van der Waals surface area contributed by atoms with Crippen LogP contribution in [0.25, 0.3) is 10.9 Å². The molecule has 3 rings (SSSR count). The van der Waals surface area contributed by atoms with Crippen molar-refractivity contribution in [3.8, 4) is 0 Å². The number of aliphatic carboxylic acids is 1. The van der Waals surface area contributed by atoms with Crippen LogP contribution in [0.15, 0.2) is 47.5 Å². The first-order chi connectivity index (χ1) is 14.4. The van der Waals surface area contributed by atoms with E-state index in [1.165, 1.54) is 35.0 Å². The van der Waals surface area contributed by atoms with E-state index >= 15 is 0 Å². The molecule has 0 aliphatic rings. The van der Waals surface area contributed by atoms with Crippen LogP contribution < -0.4 is 10.0 Å². The fourth-order valence-electron chi connectivity index (χ4n) is 3.08. The molecule has 12 heteroatoms. The summed E-state index contributed by atoms with van der Waals surface area (Å²) in [5.74, 6) is -3.43. The van der Waals surface area contributed by atoms with Crippen LogP contribution in [-0.2, 0) is 26.7 Å². The molecule has 0 fully saturated rings. The molecule has 2 aromatic carbocycles. The molecule has 0 atom stereocenters. The Labute approximate surface area is 186 Å². The van der Waals surface area contributed by atoms with Crippen molar-refractivity contribution in [2.45, 2.75) is 4.90 Å². The van der Waals surface area contributed by atoms with Crippen molar-refractivity contribution < 1.29 is 27.9 Å². The zero-order valence-electron chi connectivity index (χ0n) is 15.9. The number of aryl methyl sites for hydroxylation is 1. The topological polar surface area (TPSA) is 140 Å². The molecule has 3 aromatic rings. The third kappa shape index (κ3) is 4.36. The van der Waals surface area contributed by atoms with Gasteiger partial charge in [0.15, 0.2) is 0 Å². The van der Waals surface area contributed by atoms with Crippen molar-refractivity contribution in [1.29, 1.82) is 0 Å². The Balaban J connectivity index is 2.19. The Morgan fingerprint density at radius 2 is 1.71 bits per heavy atom. The van der Waals surface area contributed by atoms with Gasteiger partial charge in [-0.1, -0.05) is 23.2 Å². The Kier molecular flexibility index (Phi) is 5.99. The lowest BCUT2D eigenvalue weighted by Gasteiger charge is -2.23. The number of carboxylic acids is 1. The van der Waals surface area contributed by atoms with E-state index in [0.717, 1.165) is 12.1 Å². The molecule has 0 aliphatic heterocycles. The summed E-state index contributed by atoms with van der Waals surface area (Å²) in [7, 11) is -2.79. The Bertz CT molecular complexity index is 1330. The summed E-state index contributed by atoms with van der Waals surface area (Å²) in [6, 6.07) is 7.78. The lowest BCUT2D eigenvalue weighted by atomic mass is 10.1. The molecule has 31 heavy (non-hydrogen) atoms. The van der Waals surface area contributed by atoms with Gasteiger partial charge in [-0.05, 0) is 36.4 Å². The molecule has 162 valence electrons. The Hall–Kier alpha value is -3.08. The van der Waals surface area contributed by atoms with E-state index in [1.807, 2.05) is 0 Å². The van der Waals surface area contributed by atoms with Crippen molar-refractivity contribution in [2.24, 2.45) is 12.8 Å². The number of hydrogen-bond acceptors (Lipinski definition) is 5. The summed E-state index contributed by atoms with van der Waals surface area (Å²) in [4.78, 5) is 34.5. The maximum Gasteiger partial charge on any atom is 0.324 e. The average Bonchev–Trinajstić information content (AvgIpc) is 3.00. The van der Waals surface area contributed by atoms with Crippen molar-refractivity contribution in [1.82, 2.24) is 4.57 Å². The third-order valence-electron chi connectivity index (χ3n) is 4.43. The second-order valence-electron chi connectivity index (χ2n) is 6.56. The molecule has 1 amide bonds. The number of nitrogens with two attached hydrogens (primary N) is 1. The standard InChI is InChI=1S/C19H15Cl2N3O6S/c1-23-8-15(18(27)19(22)28)14-3-2-12(7-16(14)23)24(9-17(25)26)31(29,30)13-5-10(20)4-11(21)6-13/h2-8H,9H2,1H3,(H2,22,28)(H,25,26). The summed E-state index contributed by atoms with van der Waals surface area (Å²) in [5.41, 5.74) is 5.53. The van der Waals surface area contributed by atoms with Crippen LogP contribution in [0.5, 0.6) is 0 Å². The van der Waals surface area contributed by atoms with Crippen LogP contribution in [0.4, 0.5) is 5.69 Å². The van der Waals surface area contributed by atoms with Gasteiger partial charge in [0.2, 0.25) is 0 Å². The average molecular weight is 484 g/mol. The van der Waals surface area contributed by atoms with Crippen LogP contribution in [0, 0.1) is 0 Å². The molecule has 0 saturated heterocycles. The third-order valence-corrected chi connectivity index (χ3v) is 6.62. The van der Waals surface area contributed by atoms with Gasteiger partial charge in [0.1, 0.15) is 6.54 Å². The number of aromatic nitrogens is 1. The van der Waals surface area contributed by atoms with E-state index in [9.17, 15) is 27.9 Å². The van der Waals surface area contributed by atoms with Gasteiger partial charge in [0.05, 0.1) is 21.7 Å². The number of amides is 1. The normalized spacial score (nSPS) is 11.5. The number of Topliss-reactive ketones (excluding diaryl/α,β-unsaturated/α-hetero) is 1. The lowest BCUT2D eigenvalue weighted by Crippen LogP contribution is -2.35. The quantitative estimate of drug-likeness (QED) is 0.390. The number of sulfonamides is 1. The highest BCUT2D eigenvalue weighted by atomic mass is 35.5. The number of carbonyl (C=O) groups is 3.